The van der Waals surface area contributed by atoms with E-state index >= 15 is 0 Å². The maximum absolute atomic E-state index is 12.6. The van der Waals surface area contributed by atoms with Crippen molar-refractivity contribution in [1.82, 2.24) is 9.80 Å². The van der Waals surface area contributed by atoms with Crippen LogP contribution < -0.4 is 4.74 Å². The number of ether oxygens (including phenoxy) is 1. The molecule has 0 radical (unpaired) electrons. The van der Waals surface area contributed by atoms with Crippen LogP contribution in [0.25, 0.3) is 0 Å². The Kier molecular flexibility index (Phi) is 5.43. The third-order valence-electron chi connectivity index (χ3n) is 5.14. The standard InChI is InChI=1S/C17H26N2O5/c1-23-16-3-2-15(24-16)17(22)19-9-12(13(10-19)11-20)8-18-6-4-14(21)5-7-18/h2-3,12-14,20-21H,4-11H2,1H3/t12-,13-/m1/s1. The van der Waals surface area contributed by atoms with Crippen LogP contribution in [0, 0.1) is 11.8 Å². The van der Waals surface area contributed by atoms with Crippen molar-refractivity contribution >= 4 is 5.91 Å². The first kappa shape index (κ1) is 17.3. The molecule has 0 aliphatic carbocycles. The molecule has 24 heavy (non-hydrogen) atoms. The minimum absolute atomic E-state index is 0.0758. The van der Waals surface area contributed by atoms with Gasteiger partial charge in [-0.3, -0.25) is 4.79 Å². The second-order valence-electron chi connectivity index (χ2n) is 6.77. The Hall–Kier alpha value is -1.57. The van der Waals surface area contributed by atoms with Gasteiger partial charge < -0.3 is 29.2 Å². The average molecular weight is 338 g/mol. The van der Waals surface area contributed by atoms with Crippen molar-refractivity contribution < 1.29 is 24.2 Å². The SMILES string of the molecule is COc1ccc(C(=O)N2C[C@@H](CN3CCC(O)CC3)[C@@H](CO)C2)o1. The number of hydrogen-bond acceptors (Lipinski definition) is 6. The summed E-state index contributed by atoms with van der Waals surface area (Å²) >= 11 is 0. The molecule has 1 aromatic heterocycles. The van der Waals surface area contributed by atoms with Crippen LogP contribution >= 0.6 is 0 Å². The van der Waals surface area contributed by atoms with E-state index in [-0.39, 0.29) is 36.2 Å². The summed E-state index contributed by atoms with van der Waals surface area (Å²) in [5.41, 5.74) is 0. The highest BCUT2D eigenvalue weighted by Gasteiger charge is 2.37. The Morgan fingerprint density at radius 2 is 2.00 bits per heavy atom. The number of hydrogen-bond donors (Lipinski definition) is 2. The van der Waals surface area contributed by atoms with Crippen molar-refractivity contribution in [3.63, 3.8) is 0 Å². The third-order valence-corrected chi connectivity index (χ3v) is 5.14. The number of likely N-dealkylation sites (tertiary alicyclic amines) is 2. The molecule has 2 aliphatic rings. The van der Waals surface area contributed by atoms with Crippen molar-refractivity contribution in [3.8, 4) is 5.95 Å². The van der Waals surface area contributed by atoms with E-state index in [1.165, 1.54) is 7.11 Å². The number of carbonyl (C=O) groups excluding carboxylic acids is 1. The Labute approximate surface area is 141 Å². The molecule has 2 aliphatic heterocycles. The lowest BCUT2D eigenvalue weighted by molar-refractivity contribution is 0.0675. The Bertz CT molecular complexity index is 553. The van der Waals surface area contributed by atoms with Gasteiger partial charge in [-0.1, -0.05) is 0 Å². The number of aliphatic hydroxyl groups excluding tert-OH is 2. The van der Waals surface area contributed by atoms with Crippen LogP contribution in [0.15, 0.2) is 16.5 Å². The minimum atomic E-state index is -0.189. The first-order chi connectivity index (χ1) is 11.6. The highest BCUT2D eigenvalue weighted by atomic mass is 16.6. The first-order valence-corrected chi connectivity index (χ1v) is 8.55. The molecule has 0 aromatic carbocycles. The van der Waals surface area contributed by atoms with Gasteiger partial charge in [0, 0.05) is 51.3 Å². The van der Waals surface area contributed by atoms with E-state index in [9.17, 15) is 15.0 Å². The van der Waals surface area contributed by atoms with Crippen LogP contribution in [0.3, 0.4) is 0 Å². The highest BCUT2D eigenvalue weighted by molar-refractivity contribution is 5.91. The lowest BCUT2D eigenvalue weighted by atomic mass is 9.95. The van der Waals surface area contributed by atoms with Crippen molar-refractivity contribution in [1.29, 1.82) is 0 Å². The van der Waals surface area contributed by atoms with Crippen LogP contribution in [0.2, 0.25) is 0 Å². The quantitative estimate of drug-likeness (QED) is 0.809. The van der Waals surface area contributed by atoms with Crippen LogP contribution in [0.5, 0.6) is 5.95 Å². The lowest BCUT2D eigenvalue weighted by Crippen LogP contribution is -2.40. The smallest absolute Gasteiger partial charge is 0.289 e. The zero-order chi connectivity index (χ0) is 17.1. The minimum Gasteiger partial charge on any atom is -0.468 e. The number of rotatable bonds is 5. The Morgan fingerprint density at radius 1 is 1.29 bits per heavy atom. The molecule has 2 N–H and O–H groups in total. The van der Waals surface area contributed by atoms with E-state index in [0.717, 1.165) is 32.5 Å². The van der Waals surface area contributed by atoms with Crippen LogP contribution in [-0.2, 0) is 0 Å². The predicted octanol–water partition coefficient (Wildman–Crippen LogP) is 0.425. The van der Waals surface area contributed by atoms with E-state index in [4.69, 9.17) is 9.15 Å². The van der Waals surface area contributed by atoms with Gasteiger partial charge in [0.25, 0.3) is 11.9 Å². The van der Waals surface area contributed by atoms with Gasteiger partial charge in [0.15, 0.2) is 5.76 Å². The van der Waals surface area contributed by atoms with E-state index < -0.39 is 0 Å². The van der Waals surface area contributed by atoms with Crippen molar-refractivity contribution in [2.24, 2.45) is 11.8 Å². The fraction of sp³-hybridized carbons (Fsp3) is 0.706. The summed E-state index contributed by atoms with van der Waals surface area (Å²) in [5, 5.41) is 19.3. The molecule has 1 amide bonds. The molecule has 2 fully saturated rings. The monoisotopic (exact) mass is 338 g/mol. The molecule has 0 bridgehead atoms. The summed E-state index contributed by atoms with van der Waals surface area (Å²) in [7, 11) is 1.50. The molecule has 134 valence electrons. The van der Waals surface area contributed by atoms with Crippen molar-refractivity contribution in [2.45, 2.75) is 18.9 Å². The van der Waals surface area contributed by atoms with E-state index in [2.05, 4.69) is 4.90 Å². The fourth-order valence-electron chi connectivity index (χ4n) is 3.65. The van der Waals surface area contributed by atoms with Gasteiger partial charge in [-0.25, -0.2) is 0 Å². The van der Waals surface area contributed by atoms with E-state index in [1.54, 1.807) is 17.0 Å². The maximum Gasteiger partial charge on any atom is 0.289 e. The van der Waals surface area contributed by atoms with Gasteiger partial charge in [-0.05, 0) is 24.8 Å². The lowest BCUT2D eigenvalue weighted by Gasteiger charge is -2.32. The van der Waals surface area contributed by atoms with Gasteiger partial charge in [0.2, 0.25) is 0 Å². The molecule has 2 saturated heterocycles. The van der Waals surface area contributed by atoms with Crippen LogP contribution in [-0.4, -0.2) is 78.5 Å². The number of amides is 1. The van der Waals surface area contributed by atoms with E-state index in [0.29, 0.717) is 19.0 Å². The molecule has 7 heteroatoms. The van der Waals surface area contributed by atoms with Crippen molar-refractivity contribution in [3.05, 3.63) is 17.9 Å². The van der Waals surface area contributed by atoms with Gasteiger partial charge >= 0.3 is 0 Å². The zero-order valence-corrected chi connectivity index (χ0v) is 14.1. The number of carbonyl (C=O) groups is 1. The van der Waals surface area contributed by atoms with Gasteiger partial charge in [0.05, 0.1) is 13.2 Å². The fourth-order valence-corrected chi connectivity index (χ4v) is 3.65. The average Bonchev–Trinajstić information content (AvgIpc) is 3.23. The Morgan fingerprint density at radius 3 is 2.62 bits per heavy atom. The normalized spacial score (nSPS) is 26.0. The molecule has 7 nitrogen and oxygen atoms in total. The summed E-state index contributed by atoms with van der Waals surface area (Å²) in [5.74, 6) is 0.752. The number of nitrogens with zero attached hydrogens (tertiary/aromatic N) is 2. The second-order valence-corrected chi connectivity index (χ2v) is 6.77. The number of furan rings is 1. The number of piperidine rings is 1. The molecule has 0 saturated carbocycles. The largest absolute Gasteiger partial charge is 0.468 e. The van der Waals surface area contributed by atoms with Gasteiger partial charge in [-0.2, -0.15) is 0 Å². The van der Waals surface area contributed by atoms with Crippen LogP contribution in [0.1, 0.15) is 23.4 Å². The molecule has 2 atom stereocenters. The van der Waals surface area contributed by atoms with Crippen LogP contribution in [0.4, 0.5) is 0 Å². The van der Waals surface area contributed by atoms with Gasteiger partial charge in [0.1, 0.15) is 0 Å². The summed E-state index contributed by atoms with van der Waals surface area (Å²) in [4.78, 5) is 16.6. The summed E-state index contributed by atoms with van der Waals surface area (Å²) in [6, 6.07) is 3.25. The highest BCUT2D eigenvalue weighted by Crippen LogP contribution is 2.27. The summed E-state index contributed by atoms with van der Waals surface area (Å²) in [6.07, 6.45) is 1.40. The molecule has 3 heterocycles. The molecule has 3 rings (SSSR count). The number of methoxy groups -OCH3 is 1. The molecule has 1 aromatic rings. The molecular weight excluding hydrogens is 312 g/mol. The third kappa shape index (κ3) is 3.74. The maximum atomic E-state index is 12.6. The summed E-state index contributed by atoms with van der Waals surface area (Å²) in [6.45, 7) is 3.83. The Balaban J connectivity index is 1.60. The first-order valence-electron chi connectivity index (χ1n) is 8.55. The topological polar surface area (TPSA) is 86.4 Å². The second kappa shape index (κ2) is 7.55. The molecule has 0 unspecified atom stereocenters. The number of aliphatic hydroxyl groups is 2. The van der Waals surface area contributed by atoms with Gasteiger partial charge in [-0.15, -0.1) is 0 Å². The predicted molar refractivity (Wildman–Crippen MR) is 86.9 cm³/mol. The summed E-state index contributed by atoms with van der Waals surface area (Å²) < 4.78 is 10.3. The molecular formula is C17H26N2O5. The van der Waals surface area contributed by atoms with Crippen molar-refractivity contribution in [2.75, 3.05) is 46.4 Å². The zero-order valence-electron chi connectivity index (χ0n) is 14.1. The molecule has 0 spiro atoms. The van der Waals surface area contributed by atoms with E-state index in [1.807, 2.05) is 0 Å².